The van der Waals surface area contributed by atoms with Crippen molar-refractivity contribution in [1.82, 2.24) is 15.0 Å². The SMILES string of the molecule is CC(C)c1ccnc(N2CC3CSC(N)=NC3(c3cncs3)C2)n1. The van der Waals surface area contributed by atoms with E-state index in [1.807, 2.05) is 24.0 Å². The van der Waals surface area contributed by atoms with Gasteiger partial charge in [-0.2, -0.15) is 0 Å². The molecule has 0 radical (unpaired) electrons. The Morgan fingerprint density at radius 3 is 3.04 bits per heavy atom. The van der Waals surface area contributed by atoms with Gasteiger partial charge in [0.05, 0.1) is 16.9 Å². The van der Waals surface area contributed by atoms with E-state index in [0.717, 1.165) is 30.5 Å². The zero-order valence-corrected chi connectivity index (χ0v) is 15.3. The molecule has 0 aliphatic carbocycles. The lowest BCUT2D eigenvalue weighted by Gasteiger charge is -2.32. The highest BCUT2D eigenvalue weighted by Gasteiger charge is 2.51. The molecule has 2 unspecified atom stereocenters. The van der Waals surface area contributed by atoms with E-state index >= 15 is 0 Å². The van der Waals surface area contributed by atoms with Crippen LogP contribution in [-0.4, -0.2) is 39.0 Å². The fourth-order valence-electron chi connectivity index (χ4n) is 3.39. The summed E-state index contributed by atoms with van der Waals surface area (Å²) in [6.07, 6.45) is 3.78. The van der Waals surface area contributed by atoms with Crippen molar-refractivity contribution in [3.8, 4) is 0 Å². The van der Waals surface area contributed by atoms with Crippen molar-refractivity contribution in [3.63, 3.8) is 0 Å². The Morgan fingerprint density at radius 1 is 1.42 bits per heavy atom. The fraction of sp³-hybridized carbons (Fsp3) is 0.500. The van der Waals surface area contributed by atoms with Crippen LogP contribution in [0.1, 0.15) is 30.3 Å². The van der Waals surface area contributed by atoms with Crippen LogP contribution in [0.3, 0.4) is 0 Å². The molecule has 1 fully saturated rings. The van der Waals surface area contributed by atoms with Gasteiger partial charge in [0.25, 0.3) is 0 Å². The lowest BCUT2D eigenvalue weighted by atomic mass is 9.87. The second-order valence-electron chi connectivity index (χ2n) is 6.56. The number of anilines is 1. The van der Waals surface area contributed by atoms with Gasteiger partial charge in [-0.25, -0.2) is 15.0 Å². The van der Waals surface area contributed by atoms with Gasteiger partial charge >= 0.3 is 0 Å². The Labute approximate surface area is 149 Å². The summed E-state index contributed by atoms with van der Waals surface area (Å²) in [6.45, 7) is 5.94. The highest BCUT2D eigenvalue weighted by Crippen LogP contribution is 2.47. The Balaban J connectivity index is 1.72. The predicted octanol–water partition coefficient (Wildman–Crippen LogP) is 2.45. The minimum absolute atomic E-state index is 0.312. The van der Waals surface area contributed by atoms with Crippen molar-refractivity contribution in [2.75, 3.05) is 23.7 Å². The number of hydrogen-bond acceptors (Lipinski definition) is 8. The Bertz CT molecular complexity index is 760. The van der Waals surface area contributed by atoms with Crippen molar-refractivity contribution in [1.29, 1.82) is 0 Å². The number of aliphatic imine (C=N–C) groups is 1. The van der Waals surface area contributed by atoms with Crippen molar-refractivity contribution >= 4 is 34.2 Å². The molecule has 24 heavy (non-hydrogen) atoms. The third-order valence-electron chi connectivity index (χ3n) is 4.69. The number of aromatic nitrogens is 3. The van der Waals surface area contributed by atoms with Crippen LogP contribution in [0.5, 0.6) is 0 Å². The maximum absolute atomic E-state index is 6.08. The number of nitrogens with zero attached hydrogens (tertiary/aromatic N) is 5. The van der Waals surface area contributed by atoms with Gasteiger partial charge in [0, 0.05) is 36.3 Å². The second-order valence-corrected chi connectivity index (χ2v) is 8.49. The average Bonchev–Trinajstić information content (AvgIpc) is 3.22. The summed E-state index contributed by atoms with van der Waals surface area (Å²) in [5.41, 5.74) is 8.70. The first kappa shape index (κ1) is 15.8. The molecule has 6 nitrogen and oxygen atoms in total. The highest BCUT2D eigenvalue weighted by atomic mass is 32.2. The molecule has 0 amide bonds. The van der Waals surface area contributed by atoms with Gasteiger partial charge in [-0.3, -0.25) is 4.98 Å². The average molecular weight is 361 g/mol. The van der Waals surface area contributed by atoms with Crippen LogP contribution >= 0.6 is 23.1 Å². The van der Waals surface area contributed by atoms with E-state index < -0.39 is 0 Å². The minimum atomic E-state index is -0.312. The molecule has 126 valence electrons. The molecule has 0 spiro atoms. The summed E-state index contributed by atoms with van der Waals surface area (Å²) in [5, 5.41) is 0.665. The first-order chi connectivity index (χ1) is 11.6. The molecule has 8 heteroatoms. The van der Waals surface area contributed by atoms with Crippen molar-refractivity contribution < 1.29 is 0 Å². The van der Waals surface area contributed by atoms with Crippen molar-refractivity contribution in [3.05, 3.63) is 34.5 Å². The summed E-state index contributed by atoms with van der Waals surface area (Å²) in [7, 11) is 0. The topological polar surface area (TPSA) is 80.3 Å². The van der Waals surface area contributed by atoms with Crippen LogP contribution in [0.2, 0.25) is 0 Å². The first-order valence-electron chi connectivity index (χ1n) is 8.03. The molecule has 2 N–H and O–H groups in total. The quantitative estimate of drug-likeness (QED) is 0.905. The Hall–Kier alpha value is -1.67. The molecular formula is C16H20N6S2. The molecule has 0 saturated carbocycles. The van der Waals surface area contributed by atoms with Crippen molar-refractivity contribution in [2.24, 2.45) is 16.6 Å². The van der Waals surface area contributed by atoms with Crippen LogP contribution in [0.25, 0.3) is 0 Å². The summed E-state index contributed by atoms with van der Waals surface area (Å²) in [5.74, 6) is 2.53. The van der Waals surface area contributed by atoms with Gasteiger partial charge in [0.1, 0.15) is 5.54 Å². The second kappa shape index (κ2) is 6.00. The zero-order chi connectivity index (χ0) is 16.7. The summed E-state index contributed by atoms with van der Waals surface area (Å²) >= 11 is 3.29. The van der Waals surface area contributed by atoms with Crippen LogP contribution in [0.4, 0.5) is 5.95 Å². The number of thiazole rings is 1. The van der Waals surface area contributed by atoms with Gasteiger partial charge in [0.2, 0.25) is 5.95 Å². The minimum Gasteiger partial charge on any atom is -0.379 e. The number of fused-ring (bicyclic) bond motifs is 1. The number of thioether (sulfide) groups is 1. The van der Waals surface area contributed by atoms with E-state index in [9.17, 15) is 0 Å². The van der Waals surface area contributed by atoms with Gasteiger partial charge in [-0.15, -0.1) is 11.3 Å². The number of amidine groups is 1. The van der Waals surface area contributed by atoms with Crippen LogP contribution in [0, 0.1) is 5.92 Å². The standard InChI is InChI=1S/C16H20N6S2/c1-10(2)12-3-4-19-15(20-12)22-6-11-7-23-14(17)21-16(11,8-22)13-5-18-9-24-13/h3-5,9-11H,6-8H2,1-2H3,(H2,17,21). The van der Waals surface area contributed by atoms with Gasteiger partial charge < -0.3 is 10.6 Å². The summed E-state index contributed by atoms with van der Waals surface area (Å²) in [4.78, 5) is 21.8. The van der Waals surface area contributed by atoms with Crippen LogP contribution in [0.15, 0.2) is 29.0 Å². The molecule has 2 aliphatic heterocycles. The Morgan fingerprint density at radius 2 is 2.29 bits per heavy atom. The van der Waals surface area contributed by atoms with E-state index in [2.05, 4.69) is 28.7 Å². The molecule has 2 atom stereocenters. The number of hydrogen-bond donors (Lipinski definition) is 1. The monoisotopic (exact) mass is 360 g/mol. The number of nitrogens with two attached hydrogens (primary N) is 1. The smallest absolute Gasteiger partial charge is 0.225 e. The molecule has 2 aromatic rings. The van der Waals surface area contributed by atoms with Gasteiger partial charge in [-0.05, 0) is 12.0 Å². The molecule has 2 aliphatic rings. The maximum Gasteiger partial charge on any atom is 0.225 e. The zero-order valence-electron chi connectivity index (χ0n) is 13.7. The molecule has 1 saturated heterocycles. The fourth-order valence-corrected chi connectivity index (χ4v) is 5.20. The normalized spacial score (nSPS) is 26.5. The molecule has 4 rings (SSSR count). The molecule has 4 heterocycles. The summed E-state index contributed by atoms with van der Waals surface area (Å²) in [6, 6.07) is 1.99. The first-order valence-corrected chi connectivity index (χ1v) is 9.90. The molecule has 0 aromatic carbocycles. The summed E-state index contributed by atoms with van der Waals surface area (Å²) < 4.78 is 0. The lowest BCUT2D eigenvalue weighted by molar-refractivity contribution is 0.394. The van der Waals surface area contributed by atoms with E-state index in [0.29, 0.717) is 17.0 Å². The maximum atomic E-state index is 6.08. The highest BCUT2D eigenvalue weighted by molar-refractivity contribution is 8.13. The van der Waals surface area contributed by atoms with Crippen molar-refractivity contribution in [2.45, 2.75) is 25.3 Å². The van der Waals surface area contributed by atoms with Crippen LogP contribution in [-0.2, 0) is 5.54 Å². The third-order valence-corrected chi connectivity index (χ3v) is 6.58. The predicted molar refractivity (Wildman–Crippen MR) is 99.7 cm³/mol. The van der Waals surface area contributed by atoms with E-state index in [1.54, 1.807) is 23.1 Å². The van der Waals surface area contributed by atoms with Gasteiger partial charge in [0.15, 0.2) is 5.17 Å². The van der Waals surface area contributed by atoms with E-state index in [4.69, 9.17) is 15.7 Å². The van der Waals surface area contributed by atoms with E-state index in [-0.39, 0.29) is 5.54 Å². The molecule has 2 aromatic heterocycles. The number of rotatable bonds is 3. The largest absolute Gasteiger partial charge is 0.379 e. The molecular weight excluding hydrogens is 340 g/mol. The van der Waals surface area contributed by atoms with Gasteiger partial charge in [-0.1, -0.05) is 25.6 Å². The van der Waals surface area contributed by atoms with E-state index in [1.165, 1.54) is 4.88 Å². The van der Waals surface area contributed by atoms with Crippen LogP contribution < -0.4 is 10.6 Å². The third kappa shape index (κ3) is 2.57. The Kier molecular flexibility index (Phi) is 3.96. The lowest BCUT2D eigenvalue weighted by Crippen LogP contribution is -2.39. The molecule has 0 bridgehead atoms.